The van der Waals surface area contributed by atoms with Crippen molar-refractivity contribution < 1.29 is 23.5 Å². The number of rotatable bonds is 7. The Morgan fingerprint density at radius 3 is 2.39 bits per heavy atom. The van der Waals surface area contributed by atoms with Gasteiger partial charge < -0.3 is 15.4 Å². The molecule has 1 unspecified atom stereocenters. The van der Waals surface area contributed by atoms with Crippen molar-refractivity contribution in [3.05, 3.63) is 52.2 Å². The Hall–Kier alpha value is -2.74. The molecule has 6 nitrogen and oxygen atoms in total. The molecule has 1 aromatic carbocycles. The lowest BCUT2D eigenvalue weighted by Crippen LogP contribution is -2.47. The molecule has 0 fully saturated rings. The summed E-state index contributed by atoms with van der Waals surface area (Å²) in [4.78, 5) is 37.4. The van der Waals surface area contributed by atoms with E-state index in [-0.39, 0.29) is 18.1 Å². The normalized spacial score (nSPS) is 11.8. The first-order valence-corrected chi connectivity index (χ1v) is 9.69. The minimum absolute atomic E-state index is 0.185. The molecule has 0 aliphatic carbocycles. The summed E-state index contributed by atoms with van der Waals surface area (Å²) >= 11 is 1.12. The summed E-state index contributed by atoms with van der Waals surface area (Å²) in [7, 11) is 0. The molecule has 2 rings (SSSR count). The maximum absolute atomic E-state index is 13.0. The van der Waals surface area contributed by atoms with Gasteiger partial charge in [-0.05, 0) is 55.7 Å². The number of esters is 1. The number of aryl methyl sites for hydroxylation is 1. The van der Waals surface area contributed by atoms with Gasteiger partial charge in [0.15, 0.2) is 0 Å². The van der Waals surface area contributed by atoms with Crippen molar-refractivity contribution in [3.8, 4) is 0 Å². The van der Waals surface area contributed by atoms with Crippen molar-refractivity contribution >= 4 is 34.1 Å². The highest BCUT2D eigenvalue weighted by Gasteiger charge is 2.26. The lowest BCUT2D eigenvalue weighted by Gasteiger charge is -2.21. The molecule has 1 aromatic heterocycles. The number of carbonyl (C=O) groups excluding carboxylic acids is 3. The van der Waals surface area contributed by atoms with Crippen LogP contribution in [0.5, 0.6) is 0 Å². The third kappa shape index (κ3) is 5.39. The van der Waals surface area contributed by atoms with Crippen LogP contribution in [-0.4, -0.2) is 30.4 Å². The number of halogens is 1. The van der Waals surface area contributed by atoms with Crippen LogP contribution in [0.1, 0.15) is 46.4 Å². The SMILES string of the molecule is CCOC(=O)c1sc(NC(=O)C(NC(=O)c2ccc(F)cc2)C(C)C)cc1C. The van der Waals surface area contributed by atoms with Crippen molar-refractivity contribution in [2.24, 2.45) is 5.92 Å². The second kappa shape index (κ2) is 9.45. The van der Waals surface area contributed by atoms with E-state index in [1.807, 2.05) is 0 Å². The number of benzene rings is 1. The van der Waals surface area contributed by atoms with Crippen molar-refractivity contribution in [2.45, 2.75) is 33.7 Å². The maximum atomic E-state index is 13.0. The van der Waals surface area contributed by atoms with E-state index in [0.29, 0.717) is 15.4 Å². The molecule has 2 amide bonds. The summed E-state index contributed by atoms with van der Waals surface area (Å²) in [6, 6.07) is 5.97. The number of thiophene rings is 1. The molecule has 0 bridgehead atoms. The first-order valence-electron chi connectivity index (χ1n) is 8.87. The van der Waals surface area contributed by atoms with Crippen LogP contribution in [0, 0.1) is 18.7 Å². The van der Waals surface area contributed by atoms with Crippen LogP contribution in [-0.2, 0) is 9.53 Å². The smallest absolute Gasteiger partial charge is 0.348 e. The number of carbonyl (C=O) groups is 3. The Morgan fingerprint density at radius 1 is 1.18 bits per heavy atom. The Morgan fingerprint density at radius 2 is 1.82 bits per heavy atom. The molecular weight excluding hydrogens is 383 g/mol. The van der Waals surface area contributed by atoms with Crippen LogP contribution in [0.15, 0.2) is 30.3 Å². The minimum Gasteiger partial charge on any atom is -0.462 e. The van der Waals surface area contributed by atoms with Gasteiger partial charge in [-0.3, -0.25) is 9.59 Å². The fourth-order valence-electron chi connectivity index (χ4n) is 2.50. The Labute approximate surface area is 167 Å². The second-order valence-electron chi connectivity index (χ2n) is 6.53. The lowest BCUT2D eigenvalue weighted by molar-refractivity contribution is -0.118. The molecule has 2 N–H and O–H groups in total. The zero-order valence-electron chi connectivity index (χ0n) is 16.2. The standard InChI is InChI=1S/C20H23FN2O4S/c1-5-27-20(26)17-12(4)10-15(28-17)22-19(25)16(11(2)3)23-18(24)13-6-8-14(21)9-7-13/h6-11,16H,5H2,1-4H3,(H,22,25)(H,23,24). The molecule has 2 aromatic rings. The van der Waals surface area contributed by atoms with Crippen molar-refractivity contribution in [1.82, 2.24) is 5.32 Å². The number of amides is 2. The topological polar surface area (TPSA) is 84.5 Å². The van der Waals surface area contributed by atoms with Crippen molar-refractivity contribution in [3.63, 3.8) is 0 Å². The molecule has 1 atom stereocenters. The summed E-state index contributed by atoms with van der Waals surface area (Å²) in [6.07, 6.45) is 0. The average Bonchev–Trinajstić information content (AvgIpc) is 3.00. The minimum atomic E-state index is -0.800. The molecule has 0 spiro atoms. The van der Waals surface area contributed by atoms with Gasteiger partial charge in [-0.15, -0.1) is 11.3 Å². The third-order valence-corrected chi connectivity index (χ3v) is 5.10. The van der Waals surface area contributed by atoms with Gasteiger partial charge in [0.2, 0.25) is 5.91 Å². The predicted molar refractivity (Wildman–Crippen MR) is 106 cm³/mol. The first-order chi connectivity index (χ1) is 13.2. The van der Waals surface area contributed by atoms with Crippen LogP contribution >= 0.6 is 11.3 Å². The molecule has 0 aliphatic rings. The van der Waals surface area contributed by atoms with Gasteiger partial charge in [0.05, 0.1) is 11.6 Å². The first kappa shape index (κ1) is 21.6. The Kier molecular flexibility index (Phi) is 7.28. The predicted octanol–water partition coefficient (Wildman–Crippen LogP) is 3.77. The van der Waals surface area contributed by atoms with Gasteiger partial charge in [-0.25, -0.2) is 9.18 Å². The van der Waals surface area contributed by atoms with Crippen LogP contribution < -0.4 is 10.6 Å². The molecule has 28 heavy (non-hydrogen) atoms. The van der Waals surface area contributed by atoms with Crippen LogP contribution in [0.3, 0.4) is 0 Å². The summed E-state index contributed by atoms with van der Waals surface area (Å²) in [6.45, 7) is 7.36. The Bertz CT molecular complexity index is 862. The van der Waals surface area contributed by atoms with E-state index in [2.05, 4.69) is 10.6 Å². The molecule has 1 heterocycles. The number of nitrogens with one attached hydrogen (secondary N) is 2. The maximum Gasteiger partial charge on any atom is 0.348 e. The van der Waals surface area contributed by atoms with Gasteiger partial charge >= 0.3 is 5.97 Å². The lowest BCUT2D eigenvalue weighted by atomic mass is 10.0. The molecule has 0 saturated heterocycles. The number of ether oxygens (including phenoxy) is 1. The number of anilines is 1. The van der Waals surface area contributed by atoms with Gasteiger partial charge in [0, 0.05) is 5.56 Å². The average molecular weight is 406 g/mol. The highest BCUT2D eigenvalue weighted by atomic mass is 32.1. The Balaban J connectivity index is 2.11. The van der Waals surface area contributed by atoms with Gasteiger partial charge in [-0.1, -0.05) is 13.8 Å². The summed E-state index contributed by atoms with van der Waals surface area (Å²) in [5.74, 6) is -1.93. The van der Waals surface area contributed by atoms with Crippen molar-refractivity contribution in [1.29, 1.82) is 0 Å². The van der Waals surface area contributed by atoms with Crippen LogP contribution in [0.4, 0.5) is 9.39 Å². The molecule has 0 saturated carbocycles. The largest absolute Gasteiger partial charge is 0.462 e. The number of hydrogen-bond donors (Lipinski definition) is 2. The van der Waals surface area contributed by atoms with Gasteiger partial charge in [0.1, 0.15) is 16.7 Å². The van der Waals surface area contributed by atoms with E-state index >= 15 is 0 Å². The highest BCUT2D eigenvalue weighted by Crippen LogP contribution is 2.27. The number of hydrogen-bond acceptors (Lipinski definition) is 5. The van der Waals surface area contributed by atoms with Gasteiger partial charge in [-0.2, -0.15) is 0 Å². The molecular formula is C20H23FN2O4S. The molecule has 0 radical (unpaired) electrons. The van der Waals surface area contributed by atoms with E-state index in [9.17, 15) is 18.8 Å². The van der Waals surface area contributed by atoms with Crippen molar-refractivity contribution in [2.75, 3.05) is 11.9 Å². The van der Waals surface area contributed by atoms with Gasteiger partial charge in [0.25, 0.3) is 5.91 Å². The molecule has 0 aliphatic heterocycles. The van der Waals surface area contributed by atoms with E-state index in [1.165, 1.54) is 24.3 Å². The van der Waals surface area contributed by atoms with E-state index in [0.717, 1.165) is 11.3 Å². The quantitative estimate of drug-likeness (QED) is 0.686. The molecule has 150 valence electrons. The highest BCUT2D eigenvalue weighted by molar-refractivity contribution is 7.18. The van der Waals surface area contributed by atoms with E-state index < -0.39 is 29.6 Å². The fourth-order valence-corrected chi connectivity index (χ4v) is 3.47. The fraction of sp³-hybridized carbons (Fsp3) is 0.350. The van der Waals surface area contributed by atoms with Crippen LogP contribution in [0.2, 0.25) is 0 Å². The monoisotopic (exact) mass is 406 g/mol. The summed E-state index contributed by atoms with van der Waals surface area (Å²) in [5.41, 5.74) is 0.964. The summed E-state index contributed by atoms with van der Waals surface area (Å²) in [5, 5.41) is 5.91. The second-order valence-corrected chi connectivity index (χ2v) is 7.59. The van der Waals surface area contributed by atoms with E-state index in [1.54, 1.807) is 33.8 Å². The zero-order valence-corrected chi connectivity index (χ0v) is 17.0. The summed E-state index contributed by atoms with van der Waals surface area (Å²) < 4.78 is 18.0. The molecule has 8 heteroatoms. The third-order valence-electron chi connectivity index (χ3n) is 3.97. The van der Waals surface area contributed by atoms with E-state index in [4.69, 9.17) is 4.74 Å². The zero-order chi connectivity index (χ0) is 20.8. The van der Waals surface area contributed by atoms with Crippen LogP contribution in [0.25, 0.3) is 0 Å².